The zero-order valence-corrected chi connectivity index (χ0v) is 9.75. The van der Waals surface area contributed by atoms with Crippen molar-refractivity contribution in [3.05, 3.63) is 42.5 Å². The van der Waals surface area contributed by atoms with Crippen molar-refractivity contribution in [3.8, 4) is 0 Å². The summed E-state index contributed by atoms with van der Waals surface area (Å²) in [7, 11) is 0. The van der Waals surface area contributed by atoms with Gasteiger partial charge in [0.2, 0.25) is 0 Å². The molecule has 0 saturated heterocycles. The zero-order valence-electron chi connectivity index (χ0n) is 9.75. The Labute approximate surface area is 107 Å². The predicted molar refractivity (Wildman–Crippen MR) is 63.3 cm³/mol. The molecule has 102 valence electrons. The van der Waals surface area contributed by atoms with E-state index in [1.54, 1.807) is 0 Å². The van der Waals surface area contributed by atoms with Crippen molar-refractivity contribution in [1.82, 2.24) is 5.32 Å². The van der Waals surface area contributed by atoms with Gasteiger partial charge in [-0.2, -0.15) is 13.2 Å². The number of anilines is 1. The molecule has 0 fully saturated rings. The molecule has 1 aromatic carbocycles. The number of benzene rings is 1. The minimum absolute atomic E-state index is 0.0921. The van der Waals surface area contributed by atoms with Gasteiger partial charge in [0.15, 0.2) is 0 Å². The first-order chi connectivity index (χ1) is 8.84. The van der Waals surface area contributed by atoms with E-state index in [2.05, 4.69) is 17.2 Å². The summed E-state index contributed by atoms with van der Waals surface area (Å²) in [4.78, 5) is 22.5. The fraction of sp³-hybridized carbons (Fsp3) is 0.167. The number of amides is 2. The van der Waals surface area contributed by atoms with Crippen LogP contribution in [0, 0.1) is 0 Å². The molecule has 0 aliphatic rings. The van der Waals surface area contributed by atoms with Gasteiger partial charge in [-0.3, -0.25) is 9.59 Å². The molecule has 0 unspecified atom stereocenters. The third kappa shape index (κ3) is 4.46. The van der Waals surface area contributed by atoms with Gasteiger partial charge in [0.05, 0.1) is 5.56 Å². The van der Waals surface area contributed by atoms with E-state index >= 15 is 0 Å². The Kier molecular flexibility index (Phi) is 4.68. The molecule has 0 bridgehead atoms. The van der Waals surface area contributed by atoms with Crippen LogP contribution in [0.15, 0.2) is 36.9 Å². The fourth-order valence-electron chi connectivity index (χ4n) is 1.21. The molecule has 2 amide bonds. The van der Waals surface area contributed by atoms with Gasteiger partial charge in [0.1, 0.15) is 0 Å². The molecule has 0 heterocycles. The van der Waals surface area contributed by atoms with Crippen molar-refractivity contribution in [2.75, 3.05) is 11.9 Å². The predicted octanol–water partition coefficient (Wildman–Crippen LogP) is 1.95. The number of halogens is 3. The fourth-order valence-corrected chi connectivity index (χ4v) is 1.21. The highest BCUT2D eigenvalue weighted by Gasteiger charge is 2.30. The standard InChI is InChI=1S/C12H11F3N2O2/c1-2-6-16-10(18)11(19)17-9-5-3-4-8(7-9)12(13,14)15/h2-5,7H,1,6H2,(H,16,18)(H,17,19). The highest BCUT2D eigenvalue weighted by molar-refractivity contribution is 6.39. The van der Waals surface area contributed by atoms with Crippen molar-refractivity contribution in [2.24, 2.45) is 0 Å². The number of alkyl halides is 3. The molecular formula is C12H11F3N2O2. The summed E-state index contributed by atoms with van der Waals surface area (Å²) in [6, 6.07) is 4.01. The second kappa shape index (κ2) is 6.03. The van der Waals surface area contributed by atoms with Crippen LogP contribution in [0.1, 0.15) is 5.56 Å². The molecule has 0 saturated carbocycles. The van der Waals surface area contributed by atoms with Crippen molar-refractivity contribution in [2.45, 2.75) is 6.18 Å². The molecule has 0 spiro atoms. The van der Waals surface area contributed by atoms with E-state index in [4.69, 9.17) is 0 Å². The summed E-state index contributed by atoms with van der Waals surface area (Å²) in [6.07, 6.45) is -3.14. The second-order valence-electron chi connectivity index (χ2n) is 3.53. The maximum atomic E-state index is 12.4. The topological polar surface area (TPSA) is 58.2 Å². The van der Waals surface area contributed by atoms with Gasteiger partial charge in [-0.15, -0.1) is 6.58 Å². The Morgan fingerprint density at radius 2 is 1.95 bits per heavy atom. The van der Waals surface area contributed by atoms with Crippen molar-refractivity contribution in [3.63, 3.8) is 0 Å². The number of carbonyl (C=O) groups is 2. The van der Waals surface area contributed by atoms with E-state index in [1.165, 1.54) is 12.1 Å². The summed E-state index contributed by atoms with van der Waals surface area (Å²) in [5.74, 6) is -1.99. The third-order valence-electron chi connectivity index (χ3n) is 2.06. The lowest BCUT2D eigenvalue weighted by Crippen LogP contribution is -2.35. The Bertz CT molecular complexity index is 498. The Morgan fingerprint density at radius 1 is 1.26 bits per heavy atom. The smallest absolute Gasteiger partial charge is 0.344 e. The van der Waals surface area contributed by atoms with Crippen LogP contribution in [0.3, 0.4) is 0 Å². The Morgan fingerprint density at radius 3 is 2.53 bits per heavy atom. The molecule has 1 aromatic rings. The monoisotopic (exact) mass is 272 g/mol. The first kappa shape index (κ1) is 14.7. The molecule has 2 N–H and O–H groups in total. The van der Waals surface area contributed by atoms with Crippen molar-refractivity contribution in [1.29, 1.82) is 0 Å². The van der Waals surface area contributed by atoms with Gasteiger partial charge in [-0.1, -0.05) is 12.1 Å². The lowest BCUT2D eigenvalue weighted by Gasteiger charge is -2.09. The first-order valence-electron chi connectivity index (χ1n) is 5.22. The summed E-state index contributed by atoms with van der Waals surface area (Å²) >= 11 is 0. The first-order valence-corrected chi connectivity index (χ1v) is 5.22. The molecule has 1 rings (SSSR count). The molecule has 0 aliphatic carbocycles. The number of nitrogens with one attached hydrogen (secondary N) is 2. The number of hydrogen-bond donors (Lipinski definition) is 2. The van der Waals surface area contributed by atoms with Gasteiger partial charge in [-0.05, 0) is 18.2 Å². The minimum Gasteiger partial charge on any atom is -0.344 e. The average Bonchev–Trinajstić information content (AvgIpc) is 2.35. The lowest BCUT2D eigenvalue weighted by molar-refractivity contribution is -0.137. The molecule has 19 heavy (non-hydrogen) atoms. The number of rotatable bonds is 3. The average molecular weight is 272 g/mol. The second-order valence-corrected chi connectivity index (χ2v) is 3.53. The highest BCUT2D eigenvalue weighted by atomic mass is 19.4. The maximum absolute atomic E-state index is 12.4. The largest absolute Gasteiger partial charge is 0.416 e. The van der Waals surface area contributed by atoms with Crippen LogP contribution < -0.4 is 10.6 Å². The molecule has 4 nitrogen and oxygen atoms in total. The molecule has 0 aliphatic heterocycles. The van der Waals surface area contributed by atoms with Crippen LogP contribution in [-0.2, 0) is 15.8 Å². The van der Waals surface area contributed by atoms with Gasteiger partial charge in [0.25, 0.3) is 0 Å². The van der Waals surface area contributed by atoms with Crippen LogP contribution in [0.2, 0.25) is 0 Å². The number of carbonyl (C=O) groups excluding carboxylic acids is 2. The van der Waals surface area contributed by atoms with Crippen molar-refractivity contribution >= 4 is 17.5 Å². The normalized spacial score (nSPS) is 10.7. The van der Waals surface area contributed by atoms with E-state index in [0.29, 0.717) is 0 Å². The Hall–Kier alpha value is -2.31. The van der Waals surface area contributed by atoms with Crippen LogP contribution >= 0.6 is 0 Å². The van der Waals surface area contributed by atoms with E-state index in [9.17, 15) is 22.8 Å². The molecular weight excluding hydrogens is 261 g/mol. The zero-order chi connectivity index (χ0) is 14.5. The molecule has 0 radical (unpaired) electrons. The van der Waals surface area contributed by atoms with Crippen LogP contribution in [0.4, 0.5) is 18.9 Å². The van der Waals surface area contributed by atoms with E-state index in [-0.39, 0.29) is 12.2 Å². The van der Waals surface area contributed by atoms with Crippen molar-refractivity contribution < 1.29 is 22.8 Å². The molecule has 0 atom stereocenters. The maximum Gasteiger partial charge on any atom is 0.416 e. The quantitative estimate of drug-likeness (QED) is 0.652. The van der Waals surface area contributed by atoms with E-state index in [0.717, 1.165) is 18.2 Å². The minimum atomic E-state index is -4.51. The Balaban J connectivity index is 2.75. The molecule has 7 heteroatoms. The van der Waals surface area contributed by atoms with E-state index < -0.39 is 23.6 Å². The van der Waals surface area contributed by atoms with Crippen LogP contribution in [0.25, 0.3) is 0 Å². The summed E-state index contributed by atoms with van der Waals surface area (Å²) in [6.45, 7) is 3.44. The third-order valence-corrected chi connectivity index (χ3v) is 2.06. The summed E-state index contributed by atoms with van der Waals surface area (Å²) in [5, 5.41) is 4.28. The SMILES string of the molecule is C=CCNC(=O)C(=O)Nc1cccc(C(F)(F)F)c1. The van der Waals surface area contributed by atoms with Gasteiger partial charge in [0, 0.05) is 12.2 Å². The van der Waals surface area contributed by atoms with Crippen LogP contribution in [-0.4, -0.2) is 18.4 Å². The van der Waals surface area contributed by atoms with Crippen LogP contribution in [0.5, 0.6) is 0 Å². The van der Waals surface area contributed by atoms with Gasteiger partial charge < -0.3 is 10.6 Å². The summed E-state index contributed by atoms with van der Waals surface area (Å²) < 4.78 is 37.3. The summed E-state index contributed by atoms with van der Waals surface area (Å²) in [5.41, 5.74) is -1.01. The van der Waals surface area contributed by atoms with Gasteiger partial charge in [-0.25, -0.2) is 0 Å². The molecule has 0 aromatic heterocycles. The lowest BCUT2D eigenvalue weighted by atomic mass is 10.2. The van der Waals surface area contributed by atoms with E-state index in [1.807, 2.05) is 0 Å². The highest BCUT2D eigenvalue weighted by Crippen LogP contribution is 2.30. The van der Waals surface area contributed by atoms with Gasteiger partial charge >= 0.3 is 18.0 Å². The number of hydrogen-bond acceptors (Lipinski definition) is 2.